The van der Waals surface area contributed by atoms with Gasteiger partial charge in [-0.05, 0) is 37.0 Å². The molecule has 0 unspecified atom stereocenters. The van der Waals surface area contributed by atoms with E-state index in [0.29, 0.717) is 12.7 Å². The van der Waals surface area contributed by atoms with Gasteiger partial charge < -0.3 is 9.84 Å². The second kappa shape index (κ2) is 5.69. The van der Waals surface area contributed by atoms with Crippen LogP contribution in [0.2, 0.25) is 0 Å². The van der Waals surface area contributed by atoms with Crippen LogP contribution in [0.4, 0.5) is 0 Å². The zero-order valence-corrected chi connectivity index (χ0v) is 9.28. The van der Waals surface area contributed by atoms with Crippen LogP contribution in [-0.2, 0) is 11.3 Å². The number of hydrogen-bond acceptors (Lipinski definition) is 2. The van der Waals surface area contributed by atoms with E-state index in [1.165, 1.54) is 19.3 Å². The molecule has 0 saturated heterocycles. The largest absolute Gasteiger partial charge is 0.384 e. The molecule has 1 aliphatic carbocycles. The number of ether oxygens (including phenoxy) is 1. The Kier molecular flexibility index (Phi) is 3.98. The predicted octanol–water partition coefficient (Wildman–Crippen LogP) is 2.10. The van der Waals surface area contributed by atoms with Crippen molar-refractivity contribution in [1.82, 2.24) is 0 Å². The number of benzene rings is 1. The van der Waals surface area contributed by atoms with Gasteiger partial charge in [-0.15, -0.1) is 0 Å². The quantitative estimate of drug-likeness (QED) is 0.784. The molecule has 1 fully saturated rings. The van der Waals surface area contributed by atoms with E-state index in [1.54, 1.807) is 0 Å². The molecule has 84 valence electrons. The van der Waals surface area contributed by atoms with Crippen LogP contribution in [0.1, 0.15) is 30.4 Å². The molecule has 0 aromatic heterocycles. The van der Waals surface area contributed by atoms with E-state index < -0.39 is 0 Å². The lowest BCUT2D eigenvalue weighted by atomic mass is 9.96. The minimum atomic E-state index is -0.0944. The van der Waals surface area contributed by atoms with Crippen molar-refractivity contribution in [3.8, 4) is 11.8 Å². The van der Waals surface area contributed by atoms with Crippen LogP contribution in [0.15, 0.2) is 24.3 Å². The molecule has 0 spiro atoms. The average Bonchev–Trinajstić information content (AvgIpc) is 2.25. The van der Waals surface area contributed by atoms with Gasteiger partial charge in [-0.1, -0.05) is 24.0 Å². The standard InChI is InChI=1S/C14H16O2/c15-9-3-6-12-4-1-5-13(10-12)11-16-14-7-2-8-14/h1,4-5,10,14-15H,2,7-9,11H2. The van der Waals surface area contributed by atoms with E-state index >= 15 is 0 Å². The van der Waals surface area contributed by atoms with Crippen LogP contribution in [0.3, 0.4) is 0 Å². The molecular weight excluding hydrogens is 200 g/mol. The van der Waals surface area contributed by atoms with E-state index in [4.69, 9.17) is 9.84 Å². The molecule has 0 aliphatic heterocycles. The zero-order valence-electron chi connectivity index (χ0n) is 9.28. The van der Waals surface area contributed by atoms with Crippen LogP contribution >= 0.6 is 0 Å². The second-order valence-electron chi connectivity index (χ2n) is 4.02. The van der Waals surface area contributed by atoms with Gasteiger partial charge in [0.05, 0.1) is 12.7 Å². The van der Waals surface area contributed by atoms with Crippen LogP contribution in [0.5, 0.6) is 0 Å². The summed E-state index contributed by atoms with van der Waals surface area (Å²) in [4.78, 5) is 0. The van der Waals surface area contributed by atoms with Crippen LogP contribution in [-0.4, -0.2) is 17.8 Å². The van der Waals surface area contributed by atoms with E-state index in [9.17, 15) is 0 Å². The van der Waals surface area contributed by atoms with Crippen molar-refractivity contribution in [1.29, 1.82) is 0 Å². The second-order valence-corrected chi connectivity index (χ2v) is 4.02. The Morgan fingerprint density at radius 1 is 1.38 bits per heavy atom. The normalized spacial score (nSPS) is 15.1. The summed E-state index contributed by atoms with van der Waals surface area (Å²) in [6.07, 6.45) is 4.16. The highest BCUT2D eigenvalue weighted by Gasteiger charge is 2.17. The van der Waals surface area contributed by atoms with Crippen molar-refractivity contribution < 1.29 is 9.84 Å². The summed E-state index contributed by atoms with van der Waals surface area (Å²) in [6, 6.07) is 7.97. The molecule has 0 heterocycles. The predicted molar refractivity (Wildman–Crippen MR) is 62.8 cm³/mol. The van der Waals surface area contributed by atoms with Gasteiger partial charge in [0, 0.05) is 5.56 Å². The Bertz CT molecular complexity index is 397. The molecular formula is C14H16O2. The van der Waals surface area contributed by atoms with Gasteiger partial charge >= 0.3 is 0 Å². The van der Waals surface area contributed by atoms with E-state index in [0.717, 1.165) is 11.1 Å². The molecule has 2 nitrogen and oxygen atoms in total. The summed E-state index contributed by atoms with van der Waals surface area (Å²) in [5.74, 6) is 5.54. The third-order valence-electron chi connectivity index (χ3n) is 2.78. The Labute approximate surface area is 96.3 Å². The van der Waals surface area contributed by atoms with Gasteiger partial charge in [-0.2, -0.15) is 0 Å². The highest BCUT2D eigenvalue weighted by atomic mass is 16.5. The van der Waals surface area contributed by atoms with Crippen molar-refractivity contribution in [2.24, 2.45) is 0 Å². The molecule has 0 amide bonds. The average molecular weight is 216 g/mol. The lowest BCUT2D eigenvalue weighted by Gasteiger charge is -2.25. The van der Waals surface area contributed by atoms with Gasteiger partial charge in [0.25, 0.3) is 0 Å². The highest BCUT2D eigenvalue weighted by Crippen LogP contribution is 2.23. The summed E-state index contributed by atoms with van der Waals surface area (Å²) in [6.45, 7) is 0.572. The summed E-state index contributed by atoms with van der Waals surface area (Å²) in [5.41, 5.74) is 2.08. The number of aliphatic hydroxyl groups excluding tert-OH is 1. The van der Waals surface area contributed by atoms with Gasteiger partial charge in [-0.3, -0.25) is 0 Å². The molecule has 0 radical (unpaired) electrons. The van der Waals surface area contributed by atoms with Crippen LogP contribution in [0.25, 0.3) is 0 Å². The maximum Gasteiger partial charge on any atom is 0.104 e. The van der Waals surface area contributed by atoms with Crippen LogP contribution < -0.4 is 0 Å². The molecule has 1 saturated carbocycles. The summed E-state index contributed by atoms with van der Waals surface area (Å²) >= 11 is 0. The first-order valence-corrected chi connectivity index (χ1v) is 5.69. The highest BCUT2D eigenvalue weighted by molar-refractivity contribution is 5.36. The van der Waals surface area contributed by atoms with Crippen molar-refractivity contribution >= 4 is 0 Å². The first-order chi connectivity index (χ1) is 7.88. The van der Waals surface area contributed by atoms with Crippen molar-refractivity contribution in [3.63, 3.8) is 0 Å². The molecule has 1 aromatic rings. The third-order valence-corrected chi connectivity index (χ3v) is 2.78. The SMILES string of the molecule is OCC#Cc1cccc(COC2CCC2)c1. The van der Waals surface area contributed by atoms with E-state index in [2.05, 4.69) is 11.8 Å². The van der Waals surface area contributed by atoms with Crippen molar-refractivity contribution in [3.05, 3.63) is 35.4 Å². The molecule has 0 bridgehead atoms. The Hall–Kier alpha value is -1.30. The fourth-order valence-electron chi connectivity index (χ4n) is 1.63. The molecule has 16 heavy (non-hydrogen) atoms. The first kappa shape index (κ1) is 11.2. The monoisotopic (exact) mass is 216 g/mol. The lowest BCUT2D eigenvalue weighted by molar-refractivity contribution is -0.00866. The van der Waals surface area contributed by atoms with E-state index in [-0.39, 0.29) is 6.61 Å². The van der Waals surface area contributed by atoms with Crippen LogP contribution in [0, 0.1) is 11.8 Å². The van der Waals surface area contributed by atoms with Gasteiger partial charge in [0.15, 0.2) is 0 Å². The minimum Gasteiger partial charge on any atom is -0.384 e. The Morgan fingerprint density at radius 2 is 2.25 bits per heavy atom. The van der Waals surface area contributed by atoms with Gasteiger partial charge in [0.2, 0.25) is 0 Å². The molecule has 1 aliphatic rings. The maximum atomic E-state index is 8.61. The smallest absolute Gasteiger partial charge is 0.104 e. The maximum absolute atomic E-state index is 8.61. The van der Waals surface area contributed by atoms with E-state index in [1.807, 2.05) is 24.3 Å². The molecule has 1 N–H and O–H groups in total. The van der Waals surface area contributed by atoms with Crippen molar-refractivity contribution in [2.75, 3.05) is 6.61 Å². The zero-order chi connectivity index (χ0) is 11.2. The minimum absolute atomic E-state index is 0.0944. The molecule has 1 aromatic carbocycles. The number of rotatable bonds is 3. The summed E-state index contributed by atoms with van der Waals surface area (Å²) in [7, 11) is 0. The number of aliphatic hydroxyl groups is 1. The van der Waals surface area contributed by atoms with Gasteiger partial charge in [-0.25, -0.2) is 0 Å². The summed E-state index contributed by atoms with van der Waals surface area (Å²) in [5, 5.41) is 8.61. The molecule has 2 heteroatoms. The molecule has 0 atom stereocenters. The third kappa shape index (κ3) is 3.10. The fraction of sp³-hybridized carbons (Fsp3) is 0.429. The lowest BCUT2D eigenvalue weighted by Crippen LogP contribution is -2.21. The molecule has 2 rings (SSSR count). The fourth-order valence-corrected chi connectivity index (χ4v) is 1.63. The topological polar surface area (TPSA) is 29.5 Å². The van der Waals surface area contributed by atoms with Gasteiger partial charge in [0.1, 0.15) is 6.61 Å². The number of hydrogen-bond donors (Lipinski definition) is 1. The first-order valence-electron chi connectivity index (χ1n) is 5.69. The van der Waals surface area contributed by atoms with Crippen molar-refractivity contribution in [2.45, 2.75) is 32.0 Å². The Balaban J connectivity index is 1.92. The Morgan fingerprint density at radius 3 is 2.94 bits per heavy atom. The summed E-state index contributed by atoms with van der Waals surface area (Å²) < 4.78 is 5.73.